The summed E-state index contributed by atoms with van der Waals surface area (Å²) < 4.78 is 7.42. The SMILES string of the molecule is O=C(Cn1c(=O)sc2ccccc21)OCC(Br)CBr. The van der Waals surface area contributed by atoms with Gasteiger partial charge in [-0.25, -0.2) is 0 Å². The Morgan fingerprint density at radius 3 is 2.89 bits per heavy atom. The predicted molar refractivity (Wildman–Crippen MR) is 83.6 cm³/mol. The van der Waals surface area contributed by atoms with Crippen LogP contribution in [-0.2, 0) is 16.1 Å². The Balaban J connectivity index is 2.11. The highest BCUT2D eigenvalue weighted by Gasteiger charge is 2.13. The van der Waals surface area contributed by atoms with Gasteiger partial charge in [0, 0.05) is 5.33 Å². The molecule has 1 unspecified atom stereocenters. The van der Waals surface area contributed by atoms with E-state index in [-0.39, 0.29) is 22.9 Å². The third-order valence-electron chi connectivity index (χ3n) is 2.45. The summed E-state index contributed by atoms with van der Waals surface area (Å²) in [6.45, 7) is 0.228. The van der Waals surface area contributed by atoms with E-state index in [2.05, 4.69) is 31.9 Å². The Kier molecular flexibility index (Phi) is 5.18. The molecule has 0 spiro atoms. The summed E-state index contributed by atoms with van der Waals surface area (Å²) in [5.74, 6) is -0.406. The third-order valence-corrected chi connectivity index (χ3v) is 5.65. The van der Waals surface area contributed by atoms with Crippen LogP contribution in [0.1, 0.15) is 0 Å². The van der Waals surface area contributed by atoms with Gasteiger partial charge in [-0.1, -0.05) is 55.3 Å². The molecule has 7 heteroatoms. The van der Waals surface area contributed by atoms with Gasteiger partial charge in [0.15, 0.2) is 0 Å². The normalized spacial score (nSPS) is 12.5. The molecule has 0 aliphatic rings. The molecule has 2 aromatic rings. The molecule has 19 heavy (non-hydrogen) atoms. The number of hydrogen-bond donors (Lipinski definition) is 0. The van der Waals surface area contributed by atoms with E-state index in [0.717, 1.165) is 21.6 Å². The molecule has 0 amide bonds. The number of aromatic nitrogens is 1. The summed E-state index contributed by atoms with van der Waals surface area (Å²) in [5, 5.41) is 0.696. The first kappa shape index (κ1) is 14.7. The van der Waals surface area contributed by atoms with Crippen molar-refractivity contribution < 1.29 is 9.53 Å². The average molecular weight is 409 g/mol. The Morgan fingerprint density at radius 1 is 1.42 bits per heavy atom. The number of esters is 1. The predicted octanol–water partition coefficient (Wildman–Crippen LogP) is 2.76. The summed E-state index contributed by atoms with van der Waals surface area (Å²) in [4.78, 5) is 23.5. The van der Waals surface area contributed by atoms with E-state index in [4.69, 9.17) is 4.74 Å². The summed E-state index contributed by atoms with van der Waals surface area (Å²) in [5.41, 5.74) is 0.769. The van der Waals surface area contributed by atoms with Crippen LogP contribution in [0.15, 0.2) is 29.1 Å². The summed E-state index contributed by atoms with van der Waals surface area (Å²) >= 11 is 7.76. The average Bonchev–Trinajstić information content (AvgIpc) is 2.72. The van der Waals surface area contributed by atoms with Gasteiger partial charge < -0.3 is 4.74 Å². The molecule has 0 aliphatic carbocycles. The van der Waals surface area contributed by atoms with Crippen LogP contribution in [0.4, 0.5) is 0 Å². The van der Waals surface area contributed by atoms with E-state index in [1.54, 1.807) is 0 Å². The molecule has 1 atom stereocenters. The molecular weight excluding hydrogens is 398 g/mol. The molecule has 1 aromatic carbocycles. The lowest BCUT2D eigenvalue weighted by Gasteiger charge is -2.08. The molecule has 0 saturated heterocycles. The lowest BCUT2D eigenvalue weighted by Crippen LogP contribution is -2.23. The van der Waals surface area contributed by atoms with Crippen molar-refractivity contribution in [3.8, 4) is 0 Å². The molecule has 0 aliphatic heterocycles. The first-order chi connectivity index (χ1) is 9.11. The number of ether oxygens (including phenoxy) is 1. The van der Waals surface area contributed by atoms with E-state index in [9.17, 15) is 9.59 Å². The zero-order valence-corrected chi connectivity index (χ0v) is 13.8. The molecule has 1 heterocycles. The molecule has 102 valence electrons. The van der Waals surface area contributed by atoms with E-state index < -0.39 is 5.97 Å². The minimum Gasteiger partial charge on any atom is -0.463 e. The molecule has 2 rings (SSSR count). The topological polar surface area (TPSA) is 48.3 Å². The highest BCUT2D eigenvalue weighted by atomic mass is 79.9. The molecule has 0 saturated carbocycles. The maximum atomic E-state index is 11.8. The Bertz CT molecular complexity index is 637. The number of carbonyl (C=O) groups is 1. The number of para-hydroxylation sites is 1. The fourth-order valence-electron chi connectivity index (χ4n) is 1.57. The summed E-state index contributed by atoms with van der Waals surface area (Å²) in [7, 11) is 0. The van der Waals surface area contributed by atoms with Crippen LogP contribution in [-0.4, -0.2) is 27.3 Å². The molecule has 1 aromatic heterocycles. The van der Waals surface area contributed by atoms with E-state index in [1.165, 1.54) is 4.57 Å². The number of benzene rings is 1. The zero-order valence-electron chi connectivity index (χ0n) is 9.84. The first-order valence-electron chi connectivity index (χ1n) is 5.56. The molecular formula is C12H11Br2NO3S. The number of fused-ring (bicyclic) bond motifs is 1. The van der Waals surface area contributed by atoms with Crippen LogP contribution < -0.4 is 4.87 Å². The second kappa shape index (κ2) is 6.67. The number of carbonyl (C=O) groups excluding carboxylic acids is 1. The Labute approximate surface area is 130 Å². The van der Waals surface area contributed by atoms with Crippen LogP contribution >= 0.6 is 43.2 Å². The monoisotopic (exact) mass is 407 g/mol. The maximum Gasteiger partial charge on any atom is 0.326 e. The smallest absolute Gasteiger partial charge is 0.326 e. The standard InChI is InChI=1S/C12H11Br2NO3S/c13-5-8(14)7-18-11(16)6-15-9-3-1-2-4-10(9)19-12(15)17/h1-4,8H,5-7H2. The highest BCUT2D eigenvalue weighted by Crippen LogP contribution is 2.16. The molecule has 0 bridgehead atoms. The van der Waals surface area contributed by atoms with E-state index >= 15 is 0 Å². The van der Waals surface area contributed by atoms with Gasteiger partial charge in [-0.15, -0.1) is 0 Å². The van der Waals surface area contributed by atoms with E-state index in [1.807, 2.05) is 24.3 Å². The lowest BCUT2D eigenvalue weighted by molar-refractivity contribution is -0.144. The van der Waals surface area contributed by atoms with Crippen molar-refractivity contribution >= 4 is 59.4 Å². The number of nitrogens with zero attached hydrogens (tertiary/aromatic N) is 1. The number of alkyl halides is 2. The van der Waals surface area contributed by atoms with Gasteiger partial charge in [0.25, 0.3) is 0 Å². The van der Waals surface area contributed by atoms with Crippen LogP contribution in [0.25, 0.3) is 10.2 Å². The quantitative estimate of drug-likeness (QED) is 0.564. The van der Waals surface area contributed by atoms with Crippen LogP contribution in [0.5, 0.6) is 0 Å². The van der Waals surface area contributed by atoms with Gasteiger partial charge in [0.05, 0.1) is 15.0 Å². The van der Waals surface area contributed by atoms with Crippen molar-refractivity contribution in [1.82, 2.24) is 4.57 Å². The van der Waals surface area contributed by atoms with Gasteiger partial charge in [-0.05, 0) is 12.1 Å². The first-order valence-corrected chi connectivity index (χ1v) is 8.41. The van der Waals surface area contributed by atoms with Gasteiger partial charge in [-0.2, -0.15) is 0 Å². The fourth-order valence-corrected chi connectivity index (χ4v) is 2.78. The fraction of sp³-hybridized carbons (Fsp3) is 0.333. The summed E-state index contributed by atoms with van der Waals surface area (Å²) in [6.07, 6.45) is 0. The number of halogens is 2. The van der Waals surface area contributed by atoms with E-state index in [0.29, 0.717) is 5.33 Å². The highest BCUT2D eigenvalue weighted by molar-refractivity contribution is 9.12. The second-order valence-electron chi connectivity index (χ2n) is 3.86. The number of rotatable bonds is 5. The zero-order chi connectivity index (χ0) is 13.8. The number of thiazole rings is 1. The van der Waals surface area contributed by atoms with Crippen molar-refractivity contribution in [2.75, 3.05) is 11.9 Å². The third kappa shape index (κ3) is 3.67. The Morgan fingerprint density at radius 2 is 2.16 bits per heavy atom. The van der Waals surface area contributed by atoms with Crippen molar-refractivity contribution in [2.24, 2.45) is 0 Å². The van der Waals surface area contributed by atoms with Gasteiger partial charge in [-0.3, -0.25) is 14.2 Å². The molecule has 0 N–H and O–H groups in total. The van der Waals surface area contributed by atoms with Crippen LogP contribution in [0.3, 0.4) is 0 Å². The van der Waals surface area contributed by atoms with Gasteiger partial charge >= 0.3 is 10.8 Å². The van der Waals surface area contributed by atoms with Crippen molar-refractivity contribution in [3.63, 3.8) is 0 Å². The van der Waals surface area contributed by atoms with Crippen LogP contribution in [0, 0.1) is 0 Å². The Hall–Kier alpha value is -0.660. The summed E-state index contributed by atoms with van der Waals surface area (Å²) in [6, 6.07) is 7.40. The van der Waals surface area contributed by atoms with Crippen LogP contribution in [0.2, 0.25) is 0 Å². The minimum atomic E-state index is -0.406. The second-order valence-corrected chi connectivity index (χ2v) is 6.79. The van der Waals surface area contributed by atoms with Gasteiger partial charge in [0.1, 0.15) is 13.2 Å². The molecule has 0 radical (unpaired) electrons. The maximum absolute atomic E-state index is 11.8. The number of hydrogen-bond acceptors (Lipinski definition) is 4. The molecule has 4 nitrogen and oxygen atoms in total. The lowest BCUT2D eigenvalue weighted by atomic mass is 10.3. The largest absolute Gasteiger partial charge is 0.463 e. The molecule has 0 fully saturated rings. The minimum absolute atomic E-state index is 0.0507. The van der Waals surface area contributed by atoms with Crippen molar-refractivity contribution in [3.05, 3.63) is 33.9 Å². The van der Waals surface area contributed by atoms with Crippen molar-refractivity contribution in [1.29, 1.82) is 0 Å². The van der Waals surface area contributed by atoms with Gasteiger partial charge in [0.2, 0.25) is 0 Å². The van der Waals surface area contributed by atoms with Crippen molar-refractivity contribution in [2.45, 2.75) is 11.4 Å².